The van der Waals surface area contributed by atoms with Gasteiger partial charge in [0, 0.05) is 31.7 Å². The molecule has 1 fully saturated rings. The molecule has 0 saturated carbocycles. The van der Waals surface area contributed by atoms with E-state index in [9.17, 15) is 13.2 Å². The number of carbonyl (C=O) groups is 1. The fraction of sp³-hybridized carbons (Fsp3) is 0.611. The van der Waals surface area contributed by atoms with Crippen molar-refractivity contribution in [3.8, 4) is 0 Å². The molecule has 0 spiro atoms. The first kappa shape index (κ1) is 19.9. The average Bonchev–Trinajstić information content (AvgIpc) is 2.63. The van der Waals surface area contributed by atoms with Gasteiger partial charge in [-0.15, -0.1) is 0 Å². The summed E-state index contributed by atoms with van der Waals surface area (Å²) in [6, 6.07) is 4.95. The molecule has 0 radical (unpaired) electrons. The lowest BCUT2D eigenvalue weighted by Crippen LogP contribution is -2.41. The summed E-state index contributed by atoms with van der Waals surface area (Å²) in [5.41, 5.74) is 1.23. The molecule has 1 aromatic carbocycles. The molecule has 0 bridgehead atoms. The van der Waals surface area contributed by atoms with Gasteiger partial charge in [0.2, 0.25) is 10.0 Å². The van der Waals surface area contributed by atoms with E-state index in [4.69, 9.17) is 4.74 Å². The summed E-state index contributed by atoms with van der Waals surface area (Å²) in [5, 5.41) is 0. The number of amides is 1. The van der Waals surface area contributed by atoms with Gasteiger partial charge in [-0.3, -0.25) is 4.79 Å². The first-order chi connectivity index (χ1) is 11.8. The molecule has 2 rings (SSSR count). The van der Waals surface area contributed by atoms with Crippen LogP contribution in [0.2, 0.25) is 0 Å². The highest BCUT2D eigenvalue weighted by Crippen LogP contribution is 2.22. The summed E-state index contributed by atoms with van der Waals surface area (Å²) in [6.07, 6.45) is 1.73. The Hall–Kier alpha value is -1.44. The maximum atomic E-state index is 12.9. The predicted molar refractivity (Wildman–Crippen MR) is 97.2 cm³/mol. The molecule has 1 heterocycles. The van der Waals surface area contributed by atoms with Crippen LogP contribution < -0.4 is 0 Å². The zero-order chi connectivity index (χ0) is 18.6. The number of sulfonamides is 1. The maximum absolute atomic E-state index is 12.9. The van der Waals surface area contributed by atoms with E-state index < -0.39 is 10.0 Å². The number of hydrogen-bond acceptors (Lipinski definition) is 4. The Balaban J connectivity index is 2.35. The van der Waals surface area contributed by atoms with Gasteiger partial charge in [0.15, 0.2) is 0 Å². The molecule has 0 N–H and O–H groups in total. The van der Waals surface area contributed by atoms with E-state index in [1.165, 1.54) is 10.4 Å². The largest absolute Gasteiger partial charge is 0.379 e. The van der Waals surface area contributed by atoms with Gasteiger partial charge in [-0.2, -0.15) is 4.31 Å². The molecule has 7 heteroatoms. The van der Waals surface area contributed by atoms with Gasteiger partial charge in [0.05, 0.1) is 18.1 Å². The number of rotatable bonds is 6. The molecular formula is C18H28N2O4S. The van der Waals surface area contributed by atoms with Gasteiger partial charge in [0.25, 0.3) is 5.91 Å². The maximum Gasteiger partial charge on any atom is 0.254 e. The predicted octanol–water partition coefficient (Wildman–Crippen LogP) is 2.28. The molecule has 0 unspecified atom stereocenters. The van der Waals surface area contributed by atoms with Gasteiger partial charge in [0.1, 0.15) is 0 Å². The zero-order valence-corrected chi connectivity index (χ0v) is 16.3. The lowest BCUT2D eigenvalue weighted by molar-refractivity contribution is 0.0720. The smallest absolute Gasteiger partial charge is 0.254 e. The van der Waals surface area contributed by atoms with Crippen molar-refractivity contribution < 1.29 is 17.9 Å². The van der Waals surface area contributed by atoms with Crippen molar-refractivity contribution in [2.24, 2.45) is 0 Å². The van der Waals surface area contributed by atoms with Crippen LogP contribution in [0.4, 0.5) is 0 Å². The average molecular weight is 368 g/mol. The van der Waals surface area contributed by atoms with Gasteiger partial charge in [-0.05, 0) is 37.5 Å². The highest BCUT2D eigenvalue weighted by atomic mass is 32.2. The summed E-state index contributed by atoms with van der Waals surface area (Å²) in [5.74, 6) is -0.134. The lowest BCUT2D eigenvalue weighted by atomic mass is 10.1. The number of carbonyl (C=O) groups excluding carboxylic acids is 1. The molecule has 140 valence electrons. The second-order valence-corrected chi connectivity index (χ2v) is 8.32. The quantitative estimate of drug-likeness (QED) is 0.773. The lowest BCUT2D eigenvalue weighted by Gasteiger charge is -2.28. The van der Waals surface area contributed by atoms with Crippen LogP contribution in [-0.2, 0) is 14.8 Å². The van der Waals surface area contributed by atoms with Gasteiger partial charge in [-0.25, -0.2) is 8.42 Å². The molecule has 1 saturated heterocycles. The molecule has 25 heavy (non-hydrogen) atoms. The minimum absolute atomic E-state index is 0.134. The molecule has 6 nitrogen and oxygen atoms in total. The van der Waals surface area contributed by atoms with E-state index in [0.717, 1.165) is 18.4 Å². The van der Waals surface area contributed by atoms with E-state index in [2.05, 4.69) is 0 Å². The van der Waals surface area contributed by atoms with Crippen LogP contribution in [0, 0.1) is 6.92 Å². The monoisotopic (exact) mass is 368 g/mol. The van der Waals surface area contributed by atoms with E-state index in [1.807, 2.05) is 20.8 Å². The third-order valence-corrected chi connectivity index (χ3v) is 6.75. The Morgan fingerprint density at radius 1 is 1.24 bits per heavy atom. The van der Waals surface area contributed by atoms with Gasteiger partial charge < -0.3 is 9.64 Å². The number of nitrogens with zero attached hydrogens (tertiary/aromatic N) is 2. The van der Waals surface area contributed by atoms with E-state index in [1.54, 1.807) is 24.1 Å². The van der Waals surface area contributed by atoms with Crippen molar-refractivity contribution in [1.82, 2.24) is 9.21 Å². The van der Waals surface area contributed by atoms with Crippen LogP contribution in [0.15, 0.2) is 23.1 Å². The highest BCUT2D eigenvalue weighted by Gasteiger charge is 2.28. The Bertz CT molecular complexity index is 708. The minimum atomic E-state index is -3.61. The molecule has 1 amide bonds. The third kappa shape index (κ3) is 4.22. The fourth-order valence-corrected chi connectivity index (χ4v) is 4.55. The Kier molecular flexibility index (Phi) is 6.59. The third-order valence-electron chi connectivity index (χ3n) is 4.86. The Morgan fingerprint density at radius 3 is 2.40 bits per heavy atom. The molecule has 1 aliphatic heterocycles. The normalized spacial score (nSPS) is 16.2. The van der Waals surface area contributed by atoms with Crippen LogP contribution in [0.25, 0.3) is 0 Å². The van der Waals surface area contributed by atoms with Crippen molar-refractivity contribution in [3.63, 3.8) is 0 Å². The summed E-state index contributed by atoms with van der Waals surface area (Å²) in [4.78, 5) is 14.8. The standard InChI is InChI=1S/C18H28N2O4S/c1-5-15(6-2)19(4)18(21)17-13-16(8-7-14(17)3)25(22,23)20-9-11-24-12-10-20/h7-8,13,15H,5-6,9-12H2,1-4H3. The number of hydrogen-bond donors (Lipinski definition) is 0. The Morgan fingerprint density at radius 2 is 1.84 bits per heavy atom. The molecule has 0 aromatic heterocycles. The van der Waals surface area contributed by atoms with Crippen LogP contribution in [0.1, 0.15) is 42.6 Å². The van der Waals surface area contributed by atoms with Crippen molar-refractivity contribution in [2.45, 2.75) is 44.6 Å². The highest BCUT2D eigenvalue weighted by molar-refractivity contribution is 7.89. The molecular weight excluding hydrogens is 340 g/mol. The molecule has 1 aromatic rings. The first-order valence-corrected chi connectivity index (χ1v) is 10.2. The summed E-state index contributed by atoms with van der Waals surface area (Å²) >= 11 is 0. The zero-order valence-electron chi connectivity index (χ0n) is 15.5. The number of aryl methyl sites for hydroxylation is 1. The number of morpholine rings is 1. The number of ether oxygens (including phenoxy) is 1. The Labute approximate surface area is 150 Å². The number of benzene rings is 1. The van der Waals surface area contributed by atoms with Crippen LogP contribution in [0.3, 0.4) is 0 Å². The summed E-state index contributed by atoms with van der Waals surface area (Å²) in [7, 11) is -1.83. The second kappa shape index (κ2) is 8.29. The SMILES string of the molecule is CCC(CC)N(C)C(=O)c1cc(S(=O)(=O)N2CCOCC2)ccc1C. The molecule has 0 atom stereocenters. The van der Waals surface area contributed by atoms with Crippen molar-refractivity contribution in [2.75, 3.05) is 33.4 Å². The van der Waals surface area contributed by atoms with E-state index in [0.29, 0.717) is 31.9 Å². The first-order valence-electron chi connectivity index (χ1n) is 8.78. The summed E-state index contributed by atoms with van der Waals surface area (Å²) < 4.78 is 32.3. The van der Waals surface area contributed by atoms with Gasteiger partial charge >= 0.3 is 0 Å². The van der Waals surface area contributed by atoms with E-state index >= 15 is 0 Å². The van der Waals surface area contributed by atoms with Crippen LogP contribution in [-0.4, -0.2) is 62.9 Å². The van der Waals surface area contributed by atoms with Crippen molar-refractivity contribution in [3.05, 3.63) is 29.3 Å². The second-order valence-electron chi connectivity index (χ2n) is 6.38. The van der Waals surface area contributed by atoms with Crippen molar-refractivity contribution >= 4 is 15.9 Å². The van der Waals surface area contributed by atoms with Crippen LogP contribution >= 0.6 is 0 Å². The molecule has 1 aliphatic rings. The van der Waals surface area contributed by atoms with Crippen LogP contribution in [0.5, 0.6) is 0 Å². The molecule has 0 aliphatic carbocycles. The topological polar surface area (TPSA) is 66.9 Å². The fourth-order valence-electron chi connectivity index (χ4n) is 3.12. The minimum Gasteiger partial charge on any atom is -0.379 e. The van der Waals surface area contributed by atoms with E-state index in [-0.39, 0.29) is 16.8 Å². The van der Waals surface area contributed by atoms with Crippen molar-refractivity contribution in [1.29, 1.82) is 0 Å². The van der Waals surface area contributed by atoms with Gasteiger partial charge in [-0.1, -0.05) is 19.9 Å². The summed E-state index contributed by atoms with van der Waals surface area (Å²) in [6.45, 7) is 7.40.